The van der Waals surface area contributed by atoms with Gasteiger partial charge in [0.2, 0.25) is 0 Å². The normalized spacial score (nSPS) is 14.3. The first kappa shape index (κ1) is 15.5. The SMILES string of the molecule is C=C(C)C=CC(C)CCCCCC(C)(C)C. The van der Waals surface area contributed by atoms with E-state index in [1.165, 1.54) is 32.1 Å². The summed E-state index contributed by atoms with van der Waals surface area (Å²) in [6, 6.07) is 0. The second-order valence-electron chi connectivity index (χ2n) is 6.34. The van der Waals surface area contributed by atoms with Crippen LogP contribution in [-0.2, 0) is 0 Å². The van der Waals surface area contributed by atoms with E-state index >= 15 is 0 Å². The second-order valence-corrected chi connectivity index (χ2v) is 6.34. The zero-order valence-corrected chi connectivity index (χ0v) is 12.0. The maximum Gasteiger partial charge on any atom is -0.0259 e. The lowest BCUT2D eigenvalue weighted by atomic mass is 9.89. The lowest BCUT2D eigenvalue weighted by Gasteiger charge is -2.17. The first-order valence-corrected chi connectivity index (χ1v) is 6.65. The van der Waals surface area contributed by atoms with Crippen LogP contribution in [0, 0.1) is 11.3 Å². The molecule has 0 aliphatic rings. The van der Waals surface area contributed by atoms with Gasteiger partial charge in [-0.1, -0.05) is 71.3 Å². The molecule has 0 heteroatoms. The second kappa shape index (κ2) is 7.70. The van der Waals surface area contributed by atoms with Crippen LogP contribution in [0.5, 0.6) is 0 Å². The minimum atomic E-state index is 0.505. The van der Waals surface area contributed by atoms with Gasteiger partial charge in [0, 0.05) is 0 Å². The molecule has 0 nitrogen and oxygen atoms in total. The highest BCUT2D eigenvalue weighted by atomic mass is 14.1. The van der Waals surface area contributed by atoms with E-state index in [0.29, 0.717) is 11.3 Å². The Kier molecular flexibility index (Phi) is 7.45. The van der Waals surface area contributed by atoms with Crippen molar-refractivity contribution in [2.24, 2.45) is 11.3 Å². The van der Waals surface area contributed by atoms with Gasteiger partial charge in [0.1, 0.15) is 0 Å². The van der Waals surface area contributed by atoms with E-state index in [4.69, 9.17) is 0 Å². The van der Waals surface area contributed by atoms with Crippen LogP contribution in [0.1, 0.15) is 66.7 Å². The predicted octanol–water partition coefficient (Wildman–Crippen LogP) is 5.75. The average Bonchev–Trinajstić information content (AvgIpc) is 2.12. The van der Waals surface area contributed by atoms with Crippen molar-refractivity contribution < 1.29 is 0 Å². The monoisotopic (exact) mass is 222 g/mol. The molecule has 0 aliphatic heterocycles. The molecule has 0 aromatic rings. The average molecular weight is 222 g/mol. The number of rotatable bonds is 7. The van der Waals surface area contributed by atoms with Gasteiger partial charge < -0.3 is 0 Å². The van der Waals surface area contributed by atoms with E-state index in [1.54, 1.807) is 0 Å². The van der Waals surface area contributed by atoms with Gasteiger partial charge in [-0.25, -0.2) is 0 Å². The quantitative estimate of drug-likeness (QED) is 0.380. The number of unbranched alkanes of at least 4 members (excludes halogenated alkanes) is 2. The first-order chi connectivity index (χ1) is 7.31. The molecule has 0 saturated carbocycles. The molecule has 0 amide bonds. The van der Waals surface area contributed by atoms with Gasteiger partial charge in [0.25, 0.3) is 0 Å². The van der Waals surface area contributed by atoms with Crippen molar-refractivity contribution in [1.82, 2.24) is 0 Å². The molecule has 0 spiro atoms. The van der Waals surface area contributed by atoms with Crippen molar-refractivity contribution in [2.45, 2.75) is 66.7 Å². The maximum absolute atomic E-state index is 3.88. The standard InChI is InChI=1S/C16H30/c1-14(2)11-12-15(3)10-8-7-9-13-16(4,5)6/h11-12,15H,1,7-10,13H2,2-6H3. The zero-order valence-electron chi connectivity index (χ0n) is 12.0. The summed E-state index contributed by atoms with van der Waals surface area (Å²) in [4.78, 5) is 0. The van der Waals surface area contributed by atoms with Crippen LogP contribution in [0.25, 0.3) is 0 Å². The van der Waals surface area contributed by atoms with Gasteiger partial charge in [-0.15, -0.1) is 0 Å². The maximum atomic E-state index is 3.88. The van der Waals surface area contributed by atoms with Crippen molar-refractivity contribution in [3.8, 4) is 0 Å². The van der Waals surface area contributed by atoms with Gasteiger partial charge in [0.05, 0.1) is 0 Å². The summed E-state index contributed by atoms with van der Waals surface area (Å²) in [5, 5.41) is 0. The Hall–Kier alpha value is -0.520. The number of hydrogen-bond donors (Lipinski definition) is 0. The molecule has 1 atom stereocenters. The van der Waals surface area contributed by atoms with Gasteiger partial charge in [-0.2, -0.15) is 0 Å². The predicted molar refractivity (Wildman–Crippen MR) is 75.7 cm³/mol. The molecule has 0 radical (unpaired) electrons. The van der Waals surface area contributed by atoms with Crippen molar-refractivity contribution >= 4 is 0 Å². The molecule has 1 unspecified atom stereocenters. The highest BCUT2D eigenvalue weighted by Gasteiger charge is 2.08. The number of hydrogen-bond acceptors (Lipinski definition) is 0. The van der Waals surface area contributed by atoms with Crippen molar-refractivity contribution in [3.63, 3.8) is 0 Å². The third kappa shape index (κ3) is 11.6. The smallest absolute Gasteiger partial charge is 0.0259 e. The fourth-order valence-corrected chi connectivity index (χ4v) is 1.72. The Bertz CT molecular complexity index is 215. The van der Waals surface area contributed by atoms with E-state index in [1.807, 2.05) is 6.92 Å². The summed E-state index contributed by atoms with van der Waals surface area (Å²) >= 11 is 0. The third-order valence-corrected chi connectivity index (χ3v) is 2.80. The molecular formula is C16H30. The molecule has 0 fully saturated rings. The largest absolute Gasteiger partial charge is 0.0961 e. The highest BCUT2D eigenvalue weighted by Crippen LogP contribution is 2.23. The third-order valence-electron chi connectivity index (χ3n) is 2.80. The van der Waals surface area contributed by atoms with Crippen LogP contribution in [0.15, 0.2) is 24.3 Å². The minimum Gasteiger partial charge on any atom is -0.0961 e. The molecule has 0 saturated heterocycles. The first-order valence-electron chi connectivity index (χ1n) is 6.65. The minimum absolute atomic E-state index is 0.505. The molecular weight excluding hydrogens is 192 g/mol. The van der Waals surface area contributed by atoms with E-state index in [-0.39, 0.29) is 0 Å². The molecule has 0 aliphatic carbocycles. The van der Waals surface area contributed by atoms with Crippen LogP contribution in [-0.4, -0.2) is 0 Å². The summed E-state index contributed by atoms with van der Waals surface area (Å²) in [6.45, 7) is 15.2. The molecule has 0 N–H and O–H groups in total. The van der Waals surface area contributed by atoms with Crippen molar-refractivity contribution in [1.29, 1.82) is 0 Å². The van der Waals surface area contributed by atoms with Gasteiger partial charge in [0.15, 0.2) is 0 Å². The number of allylic oxidation sites excluding steroid dienone is 3. The van der Waals surface area contributed by atoms with E-state index in [9.17, 15) is 0 Å². The Balaban J connectivity index is 3.48. The lowest BCUT2D eigenvalue weighted by molar-refractivity contribution is 0.355. The van der Waals surface area contributed by atoms with Crippen LogP contribution in [0.4, 0.5) is 0 Å². The highest BCUT2D eigenvalue weighted by molar-refractivity contribution is 5.11. The van der Waals surface area contributed by atoms with Gasteiger partial charge in [-0.3, -0.25) is 0 Å². The summed E-state index contributed by atoms with van der Waals surface area (Å²) in [6.07, 6.45) is 11.2. The Morgan fingerprint density at radius 3 is 2.31 bits per heavy atom. The van der Waals surface area contributed by atoms with Crippen LogP contribution >= 0.6 is 0 Å². The Morgan fingerprint density at radius 2 is 1.81 bits per heavy atom. The molecule has 0 aromatic heterocycles. The molecule has 94 valence electrons. The summed E-state index contributed by atoms with van der Waals surface area (Å²) < 4.78 is 0. The molecule has 0 heterocycles. The van der Waals surface area contributed by atoms with E-state index in [0.717, 1.165) is 5.57 Å². The summed E-state index contributed by atoms with van der Waals surface area (Å²) in [7, 11) is 0. The molecule has 0 bridgehead atoms. The van der Waals surface area contributed by atoms with Crippen LogP contribution in [0.2, 0.25) is 0 Å². The van der Waals surface area contributed by atoms with Gasteiger partial charge >= 0.3 is 0 Å². The zero-order chi connectivity index (χ0) is 12.6. The summed E-state index contributed by atoms with van der Waals surface area (Å²) in [5.74, 6) is 0.700. The summed E-state index contributed by atoms with van der Waals surface area (Å²) in [5.41, 5.74) is 1.66. The van der Waals surface area contributed by atoms with Crippen molar-refractivity contribution in [2.75, 3.05) is 0 Å². The van der Waals surface area contributed by atoms with E-state index < -0.39 is 0 Å². The Morgan fingerprint density at radius 1 is 1.19 bits per heavy atom. The van der Waals surface area contributed by atoms with Gasteiger partial charge in [-0.05, 0) is 31.1 Å². The van der Waals surface area contributed by atoms with Crippen molar-refractivity contribution in [3.05, 3.63) is 24.3 Å². The fraction of sp³-hybridized carbons (Fsp3) is 0.750. The van der Waals surface area contributed by atoms with Crippen LogP contribution < -0.4 is 0 Å². The molecule has 0 aromatic carbocycles. The van der Waals surface area contributed by atoms with E-state index in [2.05, 4.69) is 46.4 Å². The fourth-order valence-electron chi connectivity index (χ4n) is 1.72. The van der Waals surface area contributed by atoms with Crippen LogP contribution in [0.3, 0.4) is 0 Å². The molecule has 16 heavy (non-hydrogen) atoms. The Labute approximate surface area is 103 Å². The topological polar surface area (TPSA) is 0 Å². The lowest BCUT2D eigenvalue weighted by Crippen LogP contribution is -2.04. The molecule has 0 rings (SSSR count).